The summed E-state index contributed by atoms with van der Waals surface area (Å²) in [6.45, 7) is 6.58. The topological polar surface area (TPSA) is 61.3 Å². The second-order valence-electron chi connectivity index (χ2n) is 9.59. The van der Waals surface area contributed by atoms with E-state index in [0.717, 1.165) is 44.7 Å². The minimum absolute atomic E-state index is 0.106. The van der Waals surface area contributed by atoms with Crippen LogP contribution in [-0.4, -0.2) is 51.4 Å². The molecule has 3 aromatic rings. The van der Waals surface area contributed by atoms with Crippen molar-refractivity contribution in [3.63, 3.8) is 0 Å². The van der Waals surface area contributed by atoms with Gasteiger partial charge in [0, 0.05) is 79.0 Å². The number of benzene rings is 1. The average molecular weight is 417 g/mol. The van der Waals surface area contributed by atoms with Crippen LogP contribution in [0.15, 0.2) is 41.2 Å². The highest BCUT2D eigenvalue weighted by Crippen LogP contribution is 2.35. The summed E-state index contributed by atoms with van der Waals surface area (Å²) >= 11 is 0. The summed E-state index contributed by atoms with van der Waals surface area (Å²) in [5.41, 5.74) is 6.22. The van der Waals surface area contributed by atoms with E-state index in [9.17, 15) is 9.59 Å². The Balaban J connectivity index is 1.18. The summed E-state index contributed by atoms with van der Waals surface area (Å²) < 4.78 is 1.95. The van der Waals surface area contributed by atoms with E-state index in [2.05, 4.69) is 41.1 Å². The molecule has 0 aliphatic carbocycles. The molecule has 2 bridgehead atoms. The molecule has 1 aromatic carbocycles. The van der Waals surface area contributed by atoms with Crippen molar-refractivity contribution in [1.29, 1.82) is 0 Å². The predicted octanol–water partition coefficient (Wildman–Crippen LogP) is 2.64. The van der Waals surface area contributed by atoms with Crippen LogP contribution in [0.1, 0.15) is 34.9 Å². The quantitative estimate of drug-likeness (QED) is 0.699. The number of pyridine rings is 1. The third-order valence-corrected chi connectivity index (χ3v) is 7.40. The van der Waals surface area contributed by atoms with E-state index in [-0.39, 0.29) is 11.5 Å². The Hall–Kier alpha value is -2.86. The lowest BCUT2D eigenvalue weighted by atomic mass is 9.83. The fourth-order valence-electron chi connectivity index (χ4n) is 5.96. The van der Waals surface area contributed by atoms with E-state index in [0.29, 0.717) is 24.9 Å². The maximum atomic E-state index is 13.2. The van der Waals surface area contributed by atoms with Crippen molar-refractivity contribution >= 4 is 16.8 Å². The SMILES string of the molecule is Cc1ccc2[nH]c3c(c2c1)CN(C(=O)CN1CC2C[C@H](C1)Cn1c2cccc1=O)CC3. The monoisotopic (exact) mass is 416 g/mol. The van der Waals surface area contributed by atoms with Gasteiger partial charge in [-0.05, 0) is 37.5 Å². The van der Waals surface area contributed by atoms with Gasteiger partial charge >= 0.3 is 0 Å². The van der Waals surface area contributed by atoms with E-state index in [4.69, 9.17) is 0 Å². The van der Waals surface area contributed by atoms with Crippen LogP contribution in [0.4, 0.5) is 0 Å². The lowest BCUT2D eigenvalue weighted by molar-refractivity contribution is -0.134. The predicted molar refractivity (Wildman–Crippen MR) is 120 cm³/mol. The standard InChI is InChI=1S/C25H28N4O2/c1-16-5-6-21-19(9-16)20-14-28(8-7-22(20)26-21)25(31)15-27-11-17-10-18(13-27)23-3-2-4-24(30)29(23)12-17/h2-6,9,17-18,26H,7-8,10-15H2,1H3/t17-,18?/m1/s1. The number of fused-ring (bicyclic) bond motifs is 7. The van der Waals surface area contributed by atoms with Gasteiger partial charge in [-0.25, -0.2) is 0 Å². The number of aromatic amines is 1. The van der Waals surface area contributed by atoms with Crippen LogP contribution in [0.2, 0.25) is 0 Å². The Kier molecular flexibility index (Phi) is 4.32. The van der Waals surface area contributed by atoms with Gasteiger partial charge in [0.2, 0.25) is 5.91 Å². The van der Waals surface area contributed by atoms with Gasteiger partial charge in [-0.15, -0.1) is 0 Å². The molecule has 5 heterocycles. The highest BCUT2D eigenvalue weighted by atomic mass is 16.2. The van der Waals surface area contributed by atoms with Crippen LogP contribution in [0.3, 0.4) is 0 Å². The Morgan fingerprint density at radius 3 is 2.97 bits per heavy atom. The number of likely N-dealkylation sites (tertiary alicyclic amines) is 1. The van der Waals surface area contributed by atoms with Crippen molar-refractivity contribution in [3.8, 4) is 0 Å². The molecule has 2 atom stereocenters. The van der Waals surface area contributed by atoms with Crippen LogP contribution in [0.25, 0.3) is 10.9 Å². The number of carbonyl (C=O) groups excluding carboxylic acids is 1. The molecule has 1 unspecified atom stereocenters. The zero-order chi connectivity index (χ0) is 21.1. The largest absolute Gasteiger partial charge is 0.358 e. The molecule has 2 aromatic heterocycles. The van der Waals surface area contributed by atoms with Gasteiger partial charge in [-0.2, -0.15) is 0 Å². The third kappa shape index (κ3) is 3.21. The Morgan fingerprint density at radius 2 is 2.06 bits per heavy atom. The number of carbonyl (C=O) groups is 1. The Labute approximate surface area is 181 Å². The zero-order valence-corrected chi connectivity index (χ0v) is 17.9. The lowest BCUT2D eigenvalue weighted by Gasteiger charge is -2.43. The minimum atomic E-state index is 0.106. The van der Waals surface area contributed by atoms with Crippen LogP contribution < -0.4 is 5.56 Å². The first-order chi connectivity index (χ1) is 15.0. The number of rotatable bonds is 2. The van der Waals surface area contributed by atoms with Gasteiger partial charge in [-0.3, -0.25) is 14.5 Å². The van der Waals surface area contributed by atoms with Gasteiger partial charge in [0.1, 0.15) is 0 Å². The molecule has 6 heteroatoms. The van der Waals surface area contributed by atoms with Crippen molar-refractivity contribution < 1.29 is 4.79 Å². The molecule has 6 rings (SSSR count). The summed E-state index contributed by atoms with van der Waals surface area (Å²) in [4.78, 5) is 33.4. The average Bonchev–Trinajstić information content (AvgIpc) is 3.11. The number of aromatic nitrogens is 2. The number of nitrogens with one attached hydrogen (secondary N) is 1. The van der Waals surface area contributed by atoms with E-state index >= 15 is 0 Å². The summed E-state index contributed by atoms with van der Waals surface area (Å²) in [7, 11) is 0. The Bertz CT molecular complexity index is 1240. The molecular weight excluding hydrogens is 388 g/mol. The van der Waals surface area contributed by atoms with Gasteiger partial charge < -0.3 is 14.5 Å². The molecule has 0 radical (unpaired) electrons. The molecular formula is C25H28N4O2. The molecule has 31 heavy (non-hydrogen) atoms. The summed E-state index contributed by atoms with van der Waals surface area (Å²) in [6.07, 6.45) is 2.01. The smallest absolute Gasteiger partial charge is 0.250 e. The maximum Gasteiger partial charge on any atom is 0.250 e. The lowest BCUT2D eigenvalue weighted by Crippen LogP contribution is -2.50. The van der Waals surface area contributed by atoms with Gasteiger partial charge in [-0.1, -0.05) is 17.7 Å². The number of H-pyrrole nitrogens is 1. The normalized spacial score (nSPS) is 22.9. The highest BCUT2D eigenvalue weighted by molar-refractivity contribution is 5.87. The van der Waals surface area contributed by atoms with Crippen molar-refractivity contribution in [2.45, 2.75) is 38.8 Å². The van der Waals surface area contributed by atoms with Crippen molar-refractivity contribution in [2.24, 2.45) is 5.92 Å². The molecule has 1 fully saturated rings. The molecule has 3 aliphatic heterocycles. The maximum absolute atomic E-state index is 13.2. The fourth-order valence-corrected chi connectivity index (χ4v) is 5.96. The number of hydrogen-bond donors (Lipinski definition) is 1. The number of piperidine rings is 1. The molecule has 1 amide bonds. The third-order valence-electron chi connectivity index (χ3n) is 7.40. The van der Waals surface area contributed by atoms with Crippen molar-refractivity contribution in [2.75, 3.05) is 26.2 Å². The number of nitrogens with zero attached hydrogens (tertiary/aromatic N) is 3. The first-order valence-corrected chi connectivity index (χ1v) is 11.3. The summed E-state index contributed by atoms with van der Waals surface area (Å²) in [5, 5.41) is 1.25. The van der Waals surface area contributed by atoms with E-state index in [1.165, 1.54) is 27.7 Å². The van der Waals surface area contributed by atoms with Crippen LogP contribution >= 0.6 is 0 Å². The number of aryl methyl sites for hydroxylation is 1. The number of hydrogen-bond acceptors (Lipinski definition) is 3. The summed E-state index contributed by atoms with van der Waals surface area (Å²) in [6, 6.07) is 12.1. The van der Waals surface area contributed by atoms with Crippen LogP contribution in [0, 0.1) is 12.8 Å². The molecule has 3 aliphatic rings. The van der Waals surface area contributed by atoms with Crippen molar-refractivity contribution in [3.05, 3.63) is 69.3 Å². The van der Waals surface area contributed by atoms with Gasteiger partial charge in [0.05, 0.1) is 6.54 Å². The minimum Gasteiger partial charge on any atom is -0.358 e. The van der Waals surface area contributed by atoms with Crippen molar-refractivity contribution in [1.82, 2.24) is 19.4 Å². The first-order valence-electron chi connectivity index (χ1n) is 11.3. The molecule has 0 saturated carbocycles. The summed E-state index contributed by atoms with van der Waals surface area (Å²) in [5.74, 6) is 1.01. The van der Waals surface area contributed by atoms with Crippen LogP contribution in [0.5, 0.6) is 0 Å². The van der Waals surface area contributed by atoms with Gasteiger partial charge in [0.15, 0.2) is 0 Å². The second-order valence-corrected chi connectivity index (χ2v) is 9.59. The second kappa shape index (κ2) is 7.09. The Morgan fingerprint density at radius 1 is 1.16 bits per heavy atom. The van der Waals surface area contributed by atoms with E-state index < -0.39 is 0 Å². The van der Waals surface area contributed by atoms with Gasteiger partial charge in [0.25, 0.3) is 5.56 Å². The fraction of sp³-hybridized carbons (Fsp3) is 0.440. The van der Waals surface area contributed by atoms with E-state index in [1.807, 2.05) is 15.5 Å². The zero-order valence-electron chi connectivity index (χ0n) is 17.9. The highest BCUT2D eigenvalue weighted by Gasteiger charge is 2.35. The number of amides is 1. The molecule has 0 spiro atoms. The van der Waals surface area contributed by atoms with Crippen LogP contribution in [-0.2, 0) is 24.3 Å². The molecule has 6 nitrogen and oxygen atoms in total. The molecule has 1 N–H and O–H groups in total. The molecule has 1 saturated heterocycles. The molecule has 160 valence electrons. The van der Waals surface area contributed by atoms with E-state index in [1.54, 1.807) is 6.07 Å². The first kappa shape index (κ1) is 18.9.